The average Bonchev–Trinajstić information content (AvgIpc) is 2.33. The highest BCUT2D eigenvalue weighted by molar-refractivity contribution is 7.89. The van der Waals surface area contributed by atoms with Crippen LogP contribution in [-0.2, 0) is 14.8 Å². The van der Waals surface area contributed by atoms with Gasteiger partial charge in [0.05, 0.1) is 4.90 Å². The molecule has 0 aliphatic carbocycles. The zero-order valence-corrected chi connectivity index (χ0v) is 11.2. The number of hydrogen-bond acceptors (Lipinski definition) is 3. The quantitative estimate of drug-likeness (QED) is 0.849. The van der Waals surface area contributed by atoms with Crippen LogP contribution in [0.4, 0.5) is 0 Å². The summed E-state index contributed by atoms with van der Waals surface area (Å²) in [4.78, 5) is 11.8. The number of piperazine rings is 1. The Morgan fingerprint density at radius 2 is 1.89 bits per heavy atom. The van der Waals surface area contributed by atoms with Crippen LogP contribution in [0.3, 0.4) is 0 Å². The molecular weight excluding hydrogens is 252 g/mol. The molecule has 1 saturated heterocycles. The summed E-state index contributed by atoms with van der Waals surface area (Å²) in [7, 11) is -3.59. The van der Waals surface area contributed by atoms with Crippen molar-refractivity contribution in [1.29, 1.82) is 0 Å². The van der Waals surface area contributed by atoms with Crippen molar-refractivity contribution < 1.29 is 13.2 Å². The van der Waals surface area contributed by atoms with Crippen molar-refractivity contribution in [3.05, 3.63) is 29.8 Å². The van der Waals surface area contributed by atoms with Gasteiger partial charge in [-0.15, -0.1) is 0 Å². The zero-order chi connectivity index (χ0) is 13.3. The van der Waals surface area contributed by atoms with Gasteiger partial charge in [-0.1, -0.05) is 17.7 Å². The van der Waals surface area contributed by atoms with Gasteiger partial charge in [-0.05, 0) is 26.0 Å². The molecule has 98 valence electrons. The molecule has 1 amide bonds. The molecule has 5 nitrogen and oxygen atoms in total. The van der Waals surface area contributed by atoms with E-state index >= 15 is 0 Å². The van der Waals surface area contributed by atoms with Crippen molar-refractivity contribution in [3.8, 4) is 0 Å². The number of aryl methyl sites for hydroxylation is 1. The van der Waals surface area contributed by atoms with Crippen LogP contribution in [0, 0.1) is 6.92 Å². The van der Waals surface area contributed by atoms with Gasteiger partial charge in [-0.25, -0.2) is 8.42 Å². The molecule has 1 aromatic rings. The maximum atomic E-state index is 12.4. The predicted octanol–water partition coefficient (Wildman–Crippen LogP) is 0.504. The highest BCUT2D eigenvalue weighted by atomic mass is 32.2. The molecule has 1 heterocycles. The van der Waals surface area contributed by atoms with Crippen LogP contribution in [0.2, 0.25) is 0 Å². The van der Waals surface area contributed by atoms with Crippen LogP contribution < -0.4 is 5.32 Å². The Hall–Kier alpha value is -1.40. The number of carbonyl (C=O) groups is 1. The van der Waals surface area contributed by atoms with Gasteiger partial charge in [0.1, 0.15) is 6.04 Å². The van der Waals surface area contributed by atoms with Gasteiger partial charge in [0, 0.05) is 13.1 Å². The lowest BCUT2D eigenvalue weighted by Gasteiger charge is -2.31. The first-order valence-corrected chi connectivity index (χ1v) is 7.23. The second kappa shape index (κ2) is 4.70. The first-order chi connectivity index (χ1) is 8.43. The van der Waals surface area contributed by atoms with Crippen molar-refractivity contribution in [2.75, 3.05) is 13.1 Å². The van der Waals surface area contributed by atoms with E-state index in [9.17, 15) is 13.2 Å². The van der Waals surface area contributed by atoms with E-state index < -0.39 is 16.1 Å². The largest absolute Gasteiger partial charge is 0.353 e. The minimum absolute atomic E-state index is 0.231. The normalized spacial score (nSPS) is 21.7. The predicted molar refractivity (Wildman–Crippen MR) is 67.5 cm³/mol. The first kappa shape index (κ1) is 13.0. The Bertz CT molecular complexity index is 551. The highest BCUT2D eigenvalue weighted by Crippen LogP contribution is 2.19. The summed E-state index contributed by atoms with van der Waals surface area (Å²) in [6.45, 7) is 4.16. The van der Waals surface area contributed by atoms with Gasteiger partial charge >= 0.3 is 0 Å². The number of nitrogens with one attached hydrogen (secondary N) is 1. The van der Waals surface area contributed by atoms with Gasteiger partial charge in [0.15, 0.2) is 0 Å². The SMILES string of the molecule is Cc1ccc(S(=O)(=O)N2CCNC(=O)C2C)cc1. The summed E-state index contributed by atoms with van der Waals surface area (Å²) in [6, 6.07) is 5.99. The first-order valence-electron chi connectivity index (χ1n) is 5.79. The van der Waals surface area contributed by atoms with Crippen LogP contribution in [0.15, 0.2) is 29.2 Å². The highest BCUT2D eigenvalue weighted by Gasteiger charge is 2.35. The maximum absolute atomic E-state index is 12.4. The summed E-state index contributed by atoms with van der Waals surface area (Å²) in [5, 5.41) is 2.65. The fourth-order valence-electron chi connectivity index (χ4n) is 1.94. The van der Waals surface area contributed by atoms with E-state index in [4.69, 9.17) is 0 Å². The number of nitrogens with zero attached hydrogens (tertiary/aromatic N) is 1. The molecule has 18 heavy (non-hydrogen) atoms. The third-order valence-corrected chi connectivity index (χ3v) is 5.05. The van der Waals surface area contributed by atoms with Gasteiger partial charge in [-0.3, -0.25) is 4.79 Å². The van der Waals surface area contributed by atoms with E-state index in [0.717, 1.165) is 5.56 Å². The Morgan fingerprint density at radius 3 is 2.50 bits per heavy atom. The Kier molecular flexibility index (Phi) is 3.41. The molecule has 0 radical (unpaired) electrons. The minimum atomic E-state index is -3.59. The molecule has 1 aliphatic rings. The number of hydrogen-bond donors (Lipinski definition) is 1. The lowest BCUT2D eigenvalue weighted by molar-refractivity contribution is -0.126. The van der Waals surface area contributed by atoms with Crippen molar-refractivity contribution in [1.82, 2.24) is 9.62 Å². The van der Waals surface area contributed by atoms with E-state index in [2.05, 4.69) is 5.32 Å². The van der Waals surface area contributed by atoms with E-state index in [-0.39, 0.29) is 10.8 Å². The van der Waals surface area contributed by atoms with Crippen molar-refractivity contribution >= 4 is 15.9 Å². The molecule has 1 aliphatic heterocycles. The van der Waals surface area contributed by atoms with E-state index in [1.54, 1.807) is 31.2 Å². The molecule has 2 rings (SSSR count). The van der Waals surface area contributed by atoms with E-state index in [1.807, 2.05) is 6.92 Å². The summed E-state index contributed by atoms with van der Waals surface area (Å²) in [5.74, 6) is -0.253. The van der Waals surface area contributed by atoms with E-state index in [0.29, 0.717) is 13.1 Å². The van der Waals surface area contributed by atoms with Gasteiger partial charge in [0.2, 0.25) is 15.9 Å². The molecule has 0 spiro atoms. The minimum Gasteiger partial charge on any atom is -0.353 e. The van der Waals surface area contributed by atoms with E-state index in [1.165, 1.54) is 4.31 Å². The molecule has 1 aromatic carbocycles. The van der Waals surface area contributed by atoms with Crippen LogP contribution in [-0.4, -0.2) is 37.8 Å². The third kappa shape index (κ3) is 2.26. The molecule has 1 unspecified atom stereocenters. The summed E-state index contributed by atoms with van der Waals surface area (Å²) >= 11 is 0. The number of amides is 1. The molecule has 0 saturated carbocycles. The second-order valence-electron chi connectivity index (χ2n) is 4.40. The zero-order valence-electron chi connectivity index (χ0n) is 10.4. The monoisotopic (exact) mass is 268 g/mol. The average molecular weight is 268 g/mol. The third-order valence-electron chi connectivity index (χ3n) is 3.07. The standard InChI is InChI=1S/C12H16N2O3S/c1-9-3-5-11(6-4-9)18(16,17)14-8-7-13-12(15)10(14)2/h3-6,10H,7-8H2,1-2H3,(H,13,15). The van der Waals surface area contributed by atoms with Crippen LogP contribution in [0.25, 0.3) is 0 Å². The molecule has 6 heteroatoms. The topological polar surface area (TPSA) is 66.5 Å². The molecule has 1 N–H and O–H groups in total. The van der Waals surface area contributed by atoms with Crippen molar-refractivity contribution in [2.45, 2.75) is 24.8 Å². The lowest BCUT2D eigenvalue weighted by atomic mass is 10.2. The summed E-state index contributed by atoms with van der Waals surface area (Å²) < 4.78 is 26.0. The number of rotatable bonds is 2. The number of sulfonamides is 1. The Balaban J connectivity index is 2.36. The fraction of sp³-hybridized carbons (Fsp3) is 0.417. The Morgan fingerprint density at radius 1 is 1.28 bits per heavy atom. The van der Waals surface area contributed by atoms with Gasteiger partial charge in [0.25, 0.3) is 0 Å². The maximum Gasteiger partial charge on any atom is 0.243 e. The second-order valence-corrected chi connectivity index (χ2v) is 6.29. The molecular formula is C12H16N2O3S. The molecule has 0 aromatic heterocycles. The van der Waals surface area contributed by atoms with Crippen LogP contribution >= 0.6 is 0 Å². The van der Waals surface area contributed by atoms with Crippen molar-refractivity contribution in [2.24, 2.45) is 0 Å². The number of carbonyl (C=O) groups excluding carboxylic acids is 1. The molecule has 1 atom stereocenters. The molecule has 0 bridgehead atoms. The Labute approximate surface area is 107 Å². The number of benzene rings is 1. The summed E-state index contributed by atoms with van der Waals surface area (Å²) in [5.41, 5.74) is 0.999. The smallest absolute Gasteiger partial charge is 0.243 e. The lowest BCUT2D eigenvalue weighted by Crippen LogP contribution is -2.55. The van der Waals surface area contributed by atoms with Crippen LogP contribution in [0.1, 0.15) is 12.5 Å². The van der Waals surface area contributed by atoms with Crippen LogP contribution in [0.5, 0.6) is 0 Å². The summed E-state index contributed by atoms with van der Waals surface area (Å²) in [6.07, 6.45) is 0. The van der Waals surface area contributed by atoms with Gasteiger partial charge in [-0.2, -0.15) is 4.31 Å². The molecule has 1 fully saturated rings. The fourth-order valence-corrected chi connectivity index (χ4v) is 3.53. The van der Waals surface area contributed by atoms with Crippen molar-refractivity contribution in [3.63, 3.8) is 0 Å². The van der Waals surface area contributed by atoms with Gasteiger partial charge < -0.3 is 5.32 Å².